The number of carbonyl (C=O) groups is 2. The maximum atomic E-state index is 12.3. The quantitative estimate of drug-likeness (QED) is 0.761. The predicted molar refractivity (Wildman–Crippen MR) is 100 cm³/mol. The van der Waals surface area contributed by atoms with E-state index < -0.39 is 11.4 Å². The molecule has 0 heterocycles. The molecule has 2 aromatic rings. The van der Waals surface area contributed by atoms with Gasteiger partial charge in [0.15, 0.2) is 0 Å². The van der Waals surface area contributed by atoms with E-state index >= 15 is 0 Å². The Balaban J connectivity index is 2.01. The van der Waals surface area contributed by atoms with Gasteiger partial charge in [0.05, 0.1) is 7.11 Å². The maximum absolute atomic E-state index is 12.3. The van der Waals surface area contributed by atoms with E-state index in [0.29, 0.717) is 5.56 Å². The molecule has 0 saturated heterocycles. The zero-order chi connectivity index (χ0) is 19.2. The number of methoxy groups -OCH3 is 1. The highest BCUT2D eigenvalue weighted by Crippen LogP contribution is 2.25. The average Bonchev–Trinajstić information content (AvgIpc) is 2.66. The summed E-state index contributed by atoms with van der Waals surface area (Å²) < 4.78 is 5.21. The number of carboxylic acids is 1. The minimum absolute atomic E-state index is 0.00194. The molecule has 2 unspecified atom stereocenters. The minimum atomic E-state index is -1.17. The topological polar surface area (TPSA) is 75.6 Å². The van der Waals surface area contributed by atoms with Gasteiger partial charge in [0, 0.05) is 13.0 Å². The summed E-state index contributed by atoms with van der Waals surface area (Å²) in [6.45, 7) is 3.62. The largest absolute Gasteiger partial charge is 0.497 e. The van der Waals surface area contributed by atoms with Crippen LogP contribution in [-0.4, -0.2) is 30.6 Å². The number of hydrogen-bond acceptors (Lipinski definition) is 3. The van der Waals surface area contributed by atoms with Gasteiger partial charge in [0.1, 0.15) is 11.2 Å². The Hall–Kier alpha value is -2.82. The fraction of sp³-hybridized carbons (Fsp3) is 0.333. The van der Waals surface area contributed by atoms with Gasteiger partial charge in [-0.25, -0.2) is 0 Å². The van der Waals surface area contributed by atoms with Crippen LogP contribution in [0.1, 0.15) is 37.3 Å². The summed E-state index contributed by atoms with van der Waals surface area (Å²) in [5.74, 6) is -0.399. The fourth-order valence-corrected chi connectivity index (χ4v) is 2.80. The second kappa shape index (κ2) is 8.52. The summed E-state index contributed by atoms with van der Waals surface area (Å²) in [5, 5.41) is 12.4. The molecule has 2 N–H and O–H groups in total. The van der Waals surface area contributed by atoms with Crippen molar-refractivity contribution in [1.82, 2.24) is 5.32 Å². The van der Waals surface area contributed by atoms with Crippen molar-refractivity contribution < 1.29 is 19.4 Å². The number of hydrogen-bond donors (Lipinski definition) is 2. The highest BCUT2D eigenvalue weighted by molar-refractivity contribution is 5.83. The van der Waals surface area contributed by atoms with E-state index in [4.69, 9.17) is 4.74 Å². The van der Waals surface area contributed by atoms with Crippen molar-refractivity contribution in [3.05, 3.63) is 65.7 Å². The molecule has 26 heavy (non-hydrogen) atoms. The van der Waals surface area contributed by atoms with Gasteiger partial charge in [-0.2, -0.15) is 0 Å². The number of amides is 1. The Morgan fingerprint density at radius 2 is 1.85 bits per heavy atom. The van der Waals surface area contributed by atoms with Crippen LogP contribution in [0.2, 0.25) is 0 Å². The van der Waals surface area contributed by atoms with E-state index in [0.717, 1.165) is 11.3 Å². The number of ether oxygens (including phenoxy) is 1. The first kappa shape index (κ1) is 19.5. The molecular weight excluding hydrogens is 330 g/mol. The first-order valence-electron chi connectivity index (χ1n) is 8.56. The zero-order valence-corrected chi connectivity index (χ0v) is 15.4. The first-order valence-corrected chi connectivity index (χ1v) is 8.56. The van der Waals surface area contributed by atoms with Crippen LogP contribution in [0.15, 0.2) is 54.6 Å². The van der Waals surface area contributed by atoms with Crippen molar-refractivity contribution in [3.63, 3.8) is 0 Å². The molecule has 2 rings (SSSR count). The number of aliphatic carboxylic acids is 1. The molecule has 2 atom stereocenters. The predicted octanol–water partition coefficient (Wildman–Crippen LogP) is 3.35. The first-order chi connectivity index (χ1) is 12.4. The number of carboxylic acid groups (broad SMARTS) is 1. The van der Waals surface area contributed by atoms with Gasteiger partial charge in [0.25, 0.3) is 0 Å². The molecule has 0 aliphatic heterocycles. The van der Waals surface area contributed by atoms with Gasteiger partial charge in [-0.3, -0.25) is 9.59 Å². The molecule has 0 aliphatic rings. The number of carbonyl (C=O) groups excluding carboxylic acids is 1. The molecule has 0 bridgehead atoms. The molecule has 0 aliphatic carbocycles. The average molecular weight is 355 g/mol. The molecule has 0 saturated carbocycles. The lowest BCUT2D eigenvalue weighted by Gasteiger charge is -2.26. The SMILES string of the molecule is COc1cccc(C(C)CC(=O)NCC(C)(C(=O)O)c2ccccc2)c1. The summed E-state index contributed by atoms with van der Waals surface area (Å²) in [7, 11) is 1.60. The van der Waals surface area contributed by atoms with Crippen molar-refractivity contribution in [2.45, 2.75) is 31.6 Å². The van der Waals surface area contributed by atoms with Gasteiger partial charge in [-0.05, 0) is 36.1 Å². The molecule has 5 nitrogen and oxygen atoms in total. The molecule has 0 spiro atoms. The van der Waals surface area contributed by atoms with Crippen LogP contribution in [0.5, 0.6) is 5.75 Å². The summed E-state index contributed by atoms with van der Waals surface area (Å²) in [4.78, 5) is 24.1. The van der Waals surface area contributed by atoms with E-state index in [1.54, 1.807) is 38.3 Å². The smallest absolute Gasteiger partial charge is 0.315 e. The van der Waals surface area contributed by atoms with Crippen LogP contribution in [0.25, 0.3) is 0 Å². The summed E-state index contributed by atoms with van der Waals surface area (Å²) >= 11 is 0. The van der Waals surface area contributed by atoms with E-state index in [9.17, 15) is 14.7 Å². The summed E-state index contributed by atoms with van der Waals surface area (Å²) in [6, 6.07) is 16.5. The van der Waals surface area contributed by atoms with Crippen molar-refractivity contribution >= 4 is 11.9 Å². The highest BCUT2D eigenvalue weighted by atomic mass is 16.5. The van der Waals surface area contributed by atoms with Gasteiger partial charge >= 0.3 is 5.97 Å². The Morgan fingerprint density at radius 3 is 2.46 bits per heavy atom. The van der Waals surface area contributed by atoms with Crippen molar-refractivity contribution in [2.24, 2.45) is 0 Å². The van der Waals surface area contributed by atoms with Gasteiger partial charge < -0.3 is 15.2 Å². The third kappa shape index (κ3) is 4.63. The third-order valence-corrected chi connectivity index (χ3v) is 4.68. The minimum Gasteiger partial charge on any atom is -0.497 e. The Bertz CT molecular complexity index is 760. The second-order valence-electron chi connectivity index (χ2n) is 6.66. The van der Waals surface area contributed by atoms with Gasteiger partial charge in [-0.15, -0.1) is 0 Å². The number of benzene rings is 2. The second-order valence-corrected chi connectivity index (χ2v) is 6.66. The number of rotatable bonds is 8. The molecular formula is C21H25NO4. The van der Waals surface area contributed by atoms with E-state index in [-0.39, 0.29) is 24.8 Å². The standard InChI is InChI=1S/C21H25NO4/c1-15(16-8-7-11-18(13-16)26-3)12-19(23)22-14-21(2,20(24)25)17-9-5-4-6-10-17/h4-11,13,15H,12,14H2,1-3H3,(H,22,23)(H,24,25). The lowest BCUT2D eigenvalue weighted by atomic mass is 9.82. The number of nitrogens with one attached hydrogen (secondary N) is 1. The van der Waals surface area contributed by atoms with E-state index in [1.165, 1.54) is 0 Å². The Labute approximate surface area is 154 Å². The molecule has 138 valence electrons. The van der Waals surface area contributed by atoms with Crippen LogP contribution in [0, 0.1) is 0 Å². The van der Waals surface area contributed by atoms with Crippen LogP contribution in [0.3, 0.4) is 0 Å². The van der Waals surface area contributed by atoms with Crippen molar-refractivity contribution in [3.8, 4) is 5.75 Å². The molecule has 5 heteroatoms. The lowest BCUT2D eigenvalue weighted by molar-refractivity contribution is -0.143. The van der Waals surface area contributed by atoms with Gasteiger partial charge in [-0.1, -0.05) is 49.4 Å². The zero-order valence-electron chi connectivity index (χ0n) is 15.4. The van der Waals surface area contributed by atoms with E-state index in [1.807, 2.05) is 37.3 Å². The Kier molecular flexibility index (Phi) is 6.39. The van der Waals surface area contributed by atoms with Gasteiger partial charge in [0.2, 0.25) is 5.91 Å². The highest BCUT2D eigenvalue weighted by Gasteiger charge is 2.35. The van der Waals surface area contributed by atoms with Crippen LogP contribution >= 0.6 is 0 Å². The third-order valence-electron chi connectivity index (χ3n) is 4.68. The molecule has 1 amide bonds. The normalized spacial score (nSPS) is 14.1. The maximum Gasteiger partial charge on any atom is 0.315 e. The van der Waals surface area contributed by atoms with Crippen LogP contribution in [0.4, 0.5) is 0 Å². The fourth-order valence-electron chi connectivity index (χ4n) is 2.80. The molecule has 0 fully saturated rings. The van der Waals surface area contributed by atoms with Crippen LogP contribution < -0.4 is 10.1 Å². The monoisotopic (exact) mass is 355 g/mol. The lowest BCUT2D eigenvalue weighted by Crippen LogP contribution is -2.44. The molecule has 2 aromatic carbocycles. The van der Waals surface area contributed by atoms with Crippen molar-refractivity contribution in [1.29, 1.82) is 0 Å². The van der Waals surface area contributed by atoms with Crippen molar-refractivity contribution in [2.75, 3.05) is 13.7 Å². The summed E-state index contributed by atoms with van der Waals surface area (Å²) in [5.41, 5.74) is 0.494. The Morgan fingerprint density at radius 1 is 1.15 bits per heavy atom. The van der Waals surface area contributed by atoms with E-state index in [2.05, 4.69) is 5.32 Å². The summed E-state index contributed by atoms with van der Waals surface area (Å²) in [6.07, 6.45) is 0.275. The molecule has 0 aromatic heterocycles. The van der Waals surface area contributed by atoms with Crippen LogP contribution in [-0.2, 0) is 15.0 Å². The molecule has 0 radical (unpaired) electrons.